The van der Waals surface area contributed by atoms with Crippen molar-refractivity contribution in [3.05, 3.63) is 70.1 Å². The van der Waals surface area contributed by atoms with Crippen LogP contribution in [-0.4, -0.2) is 15.7 Å². The summed E-state index contributed by atoms with van der Waals surface area (Å²) in [6.07, 6.45) is -4.58. The van der Waals surface area contributed by atoms with Crippen molar-refractivity contribution in [3.63, 3.8) is 0 Å². The van der Waals surface area contributed by atoms with Gasteiger partial charge in [-0.15, -0.1) is 0 Å². The molecule has 9 heteroatoms. The molecule has 146 valence electrons. The number of aromatic nitrogens is 2. The van der Waals surface area contributed by atoms with Gasteiger partial charge in [-0.3, -0.25) is 20.4 Å². The third kappa shape index (κ3) is 3.68. The van der Waals surface area contributed by atoms with Crippen molar-refractivity contribution in [1.29, 1.82) is 0 Å². The summed E-state index contributed by atoms with van der Waals surface area (Å²) in [6, 6.07) is 10.9. The number of nitrogens with one attached hydrogen (secondary N) is 2. The first kappa shape index (κ1) is 19.4. The van der Waals surface area contributed by atoms with Crippen LogP contribution in [0.15, 0.2) is 53.3 Å². The van der Waals surface area contributed by atoms with Gasteiger partial charge in [-0.25, -0.2) is 4.68 Å². The first-order chi connectivity index (χ1) is 13.2. The number of anilines is 1. The molecular weight excluding hydrogens is 373 g/mol. The van der Waals surface area contributed by atoms with Gasteiger partial charge in [0.15, 0.2) is 5.69 Å². The minimum absolute atomic E-state index is 0.0686. The maximum absolute atomic E-state index is 13.1. The Labute approximate surface area is 158 Å². The lowest BCUT2D eigenvalue weighted by Crippen LogP contribution is -2.34. The molecule has 0 bridgehead atoms. The van der Waals surface area contributed by atoms with Gasteiger partial charge in [-0.2, -0.15) is 18.3 Å². The quantitative estimate of drug-likeness (QED) is 0.666. The highest BCUT2D eigenvalue weighted by molar-refractivity contribution is 6.05. The van der Waals surface area contributed by atoms with E-state index in [1.807, 2.05) is 0 Å². The molecule has 2 N–H and O–H groups in total. The number of para-hydroxylation sites is 1. The van der Waals surface area contributed by atoms with Crippen molar-refractivity contribution in [3.8, 4) is 0 Å². The molecule has 3 rings (SSSR count). The summed E-state index contributed by atoms with van der Waals surface area (Å²) >= 11 is 0. The minimum atomic E-state index is -4.58. The van der Waals surface area contributed by atoms with E-state index in [0.29, 0.717) is 10.8 Å². The Kier molecular flexibility index (Phi) is 5.08. The summed E-state index contributed by atoms with van der Waals surface area (Å²) in [6.45, 7) is 3.48. The molecule has 1 aromatic heterocycles. The Balaban J connectivity index is 1.98. The Hall–Kier alpha value is -3.36. The number of benzene rings is 2. The number of carbonyl (C=O) groups is 1. The average molecular weight is 390 g/mol. The lowest BCUT2D eigenvalue weighted by molar-refractivity contribution is -0.137. The summed E-state index contributed by atoms with van der Waals surface area (Å²) in [5.74, 6) is -0.762. The van der Waals surface area contributed by atoms with Crippen LogP contribution in [0.3, 0.4) is 0 Å². The standard InChI is InChI=1S/C19H17F3N4O2/c1-11(2)26-18(28)13-8-4-3-7-12(13)16(25-26)17(27)24-23-15-10-6-5-9-14(15)19(20,21)22/h3-11,23H,1-2H3,(H,24,27). The highest BCUT2D eigenvalue weighted by Crippen LogP contribution is 2.34. The molecule has 0 unspecified atom stereocenters. The first-order valence-electron chi connectivity index (χ1n) is 8.44. The SMILES string of the molecule is CC(C)n1nc(C(=O)NNc2ccccc2C(F)(F)F)c2ccccc2c1=O. The van der Waals surface area contributed by atoms with Gasteiger partial charge in [0, 0.05) is 5.39 Å². The minimum Gasteiger partial charge on any atom is -0.298 e. The Bertz CT molecular complexity index is 1090. The van der Waals surface area contributed by atoms with Crippen LogP contribution < -0.4 is 16.4 Å². The summed E-state index contributed by atoms with van der Waals surface area (Å²) < 4.78 is 40.4. The van der Waals surface area contributed by atoms with Crippen molar-refractivity contribution in [2.45, 2.75) is 26.1 Å². The highest BCUT2D eigenvalue weighted by Gasteiger charge is 2.33. The van der Waals surface area contributed by atoms with Crippen molar-refractivity contribution < 1.29 is 18.0 Å². The average Bonchev–Trinajstić information content (AvgIpc) is 2.66. The molecule has 6 nitrogen and oxygen atoms in total. The molecule has 0 aliphatic rings. The first-order valence-corrected chi connectivity index (χ1v) is 8.44. The van der Waals surface area contributed by atoms with Crippen LogP contribution in [0.2, 0.25) is 0 Å². The van der Waals surface area contributed by atoms with E-state index >= 15 is 0 Å². The number of hydrazine groups is 1. The lowest BCUT2D eigenvalue weighted by atomic mass is 10.1. The van der Waals surface area contributed by atoms with Crippen molar-refractivity contribution in [2.24, 2.45) is 0 Å². The summed E-state index contributed by atoms with van der Waals surface area (Å²) in [4.78, 5) is 25.2. The number of nitrogens with zero attached hydrogens (tertiary/aromatic N) is 2. The topological polar surface area (TPSA) is 76.0 Å². The molecular formula is C19H17F3N4O2. The number of fused-ring (bicyclic) bond motifs is 1. The predicted octanol–water partition coefficient (Wildman–Crippen LogP) is 3.75. The fraction of sp³-hybridized carbons (Fsp3) is 0.211. The van der Waals surface area contributed by atoms with E-state index in [0.717, 1.165) is 6.07 Å². The van der Waals surface area contributed by atoms with Gasteiger partial charge in [-0.1, -0.05) is 30.3 Å². The van der Waals surface area contributed by atoms with Crippen LogP contribution in [0.25, 0.3) is 10.8 Å². The van der Waals surface area contributed by atoms with E-state index in [9.17, 15) is 22.8 Å². The number of carbonyl (C=O) groups excluding carboxylic acids is 1. The smallest absolute Gasteiger partial charge is 0.298 e. The second-order valence-electron chi connectivity index (χ2n) is 6.36. The Morgan fingerprint density at radius 3 is 2.29 bits per heavy atom. The summed E-state index contributed by atoms with van der Waals surface area (Å²) in [5.41, 5.74) is 2.90. The van der Waals surface area contributed by atoms with Crippen LogP contribution in [0.5, 0.6) is 0 Å². The van der Waals surface area contributed by atoms with Gasteiger partial charge in [0.05, 0.1) is 22.7 Å². The molecule has 0 radical (unpaired) electrons. The van der Waals surface area contributed by atoms with Crippen LogP contribution in [-0.2, 0) is 6.18 Å². The van der Waals surface area contributed by atoms with Crippen LogP contribution in [0.1, 0.15) is 35.9 Å². The Morgan fingerprint density at radius 2 is 1.64 bits per heavy atom. The number of hydrogen-bond acceptors (Lipinski definition) is 4. The zero-order valence-electron chi connectivity index (χ0n) is 15.0. The van der Waals surface area contributed by atoms with E-state index in [-0.39, 0.29) is 23.0 Å². The van der Waals surface area contributed by atoms with Crippen LogP contribution in [0.4, 0.5) is 18.9 Å². The molecule has 2 aromatic carbocycles. The second kappa shape index (κ2) is 7.34. The summed E-state index contributed by atoms with van der Waals surface area (Å²) in [7, 11) is 0. The fourth-order valence-electron chi connectivity index (χ4n) is 2.75. The highest BCUT2D eigenvalue weighted by atomic mass is 19.4. The van der Waals surface area contributed by atoms with E-state index in [1.54, 1.807) is 38.1 Å². The number of halogens is 3. The number of rotatable bonds is 4. The van der Waals surface area contributed by atoms with Crippen LogP contribution >= 0.6 is 0 Å². The molecule has 0 atom stereocenters. The largest absolute Gasteiger partial charge is 0.418 e. The zero-order chi connectivity index (χ0) is 20.5. The van der Waals surface area contributed by atoms with Gasteiger partial charge in [-0.05, 0) is 32.0 Å². The Morgan fingerprint density at radius 1 is 1.04 bits per heavy atom. The normalized spacial score (nSPS) is 11.6. The third-order valence-electron chi connectivity index (χ3n) is 4.08. The number of hydrogen-bond donors (Lipinski definition) is 2. The molecule has 0 aliphatic carbocycles. The molecule has 0 saturated heterocycles. The van der Waals surface area contributed by atoms with Crippen molar-refractivity contribution in [2.75, 3.05) is 5.43 Å². The number of alkyl halides is 3. The monoisotopic (exact) mass is 390 g/mol. The second-order valence-corrected chi connectivity index (χ2v) is 6.36. The van der Waals surface area contributed by atoms with Gasteiger partial charge in [0.25, 0.3) is 11.5 Å². The van der Waals surface area contributed by atoms with E-state index in [2.05, 4.69) is 16.0 Å². The van der Waals surface area contributed by atoms with Crippen molar-refractivity contribution in [1.82, 2.24) is 15.2 Å². The van der Waals surface area contributed by atoms with Gasteiger partial charge < -0.3 is 0 Å². The fourth-order valence-corrected chi connectivity index (χ4v) is 2.75. The number of amides is 1. The predicted molar refractivity (Wildman–Crippen MR) is 98.9 cm³/mol. The molecule has 28 heavy (non-hydrogen) atoms. The maximum atomic E-state index is 13.1. The van der Waals surface area contributed by atoms with Gasteiger partial charge >= 0.3 is 6.18 Å². The molecule has 0 aliphatic heterocycles. The molecule has 0 saturated carbocycles. The molecule has 1 heterocycles. The van der Waals surface area contributed by atoms with Gasteiger partial charge in [0.2, 0.25) is 0 Å². The van der Waals surface area contributed by atoms with Crippen LogP contribution in [0, 0.1) is 0 Å². The van der Waals surface area contributed by atoms with E-state index in [4.69, 9.17) is 0 Å². The third-order valence-corrected chi connectivity index (χ3v) is 4.08. The zero-order valence-corrected chi connectivity index (χ0v) is 15.0. The maximum Gasteiger partial charge on any atom is 0.418 e. The molecule has 3 aromatic rings. The van der Waals surface area contributed by atoms with E-state index < -0.39 is 17.6 Å². The molecule has 0 fully saturated rings. The van der Waals surface area contributed by atoms with Gasteiger partial charge in [0.1, 0.15) is 0 Å². The lowest BCUT2D eigenvalue weighted by Gasteiger charge is -2.16. The summed E-state index contributed by atoms with van der Waals surface area (Å²) in [5, 5.41) is 4.72. The van der Waals surface area contributed by atoms with E-state index in [1.165, 1.54) is 22.9 Å². The van der Waals surface area contributed by atoms with Crippen molar-refractivity contribution >= 4 is 22.4 Å². The molecule has 1 amide bonds. The molecule has 0 spiro atoms.